The second-order valence-electron chi connectivity index (χ2n) is 3.87. The maximum Gasteiger partial charge on any atom is 0.158 e. The van der Waals surface area contributed by atoms with Crippen LogP contribution >= 0.6 is 0 Å². The molecule has 0 bridgehead atoms. The van der Waals surface area contributed by atoms with E-state index < -0.39 is 0 Å². The number of anilines is 2. The summed E-state index contributed by atoms with van der Waals surface area (Å²) >= 11 is 0. The lowest BCUT2D eigenvalue weighted by molar-refractivity contribution is 0.178. The maximum atomic E-state index is 8.91. The largest absolute Gasteiger partial charge is 0.396 e. The molecular formula is C12H22N4O2. The van der Waals surface area contributed by atoms with Gasteiger partial charge in [-0.05, 0) is 13.3 Å². The summed E-state index contributed by atoms with van der Waals surface area (Å²) in [6.07, 6.45) is 0.729. The van der Waals surface area contributed by atoms with Crippen LogP contribution in [0, 0.1) is 0 Å². The number of aromatic nitrogens is 2. The molecule has 6 heteroatoms. The summed E-state index contributed by atoms with van der Waals surface area (Å²) in [6, 6.07) is 1.90. The van der Waals surface area contributed by atoms with Gasteiger partial charge in [0.25, 0.3) is 0 Å². The van der Waals surface area contributed by atoms with Crippen LogP contribution in [0.15, 0.2) is 6.07 Å². The quantitative estimate of drug-likeness (QED) is 0.717. The van der Waals surface area contributed by atoms with E-state index in [2.05, 4.69) is 27.1 Å². The molecule has 0 aliphatic rings. The Morgan fingerprint density at radius 2 is 2.22 bits per heavy atom. The predicted molar refractivity (Wildman–Crippen MR) is 71.9 cm³/mol. The molecule has 102 valence electrons. The van der Waals surface area contributed by atoms with E-state index in [9.17, 15) is 0 Å². The van der Waals surface area contributed by atoms with Crippen molar-refractivity contribution >= 4 is 11.6 Å². The Kier molecular flexibility index (Phi) is 6.38. The Morgan fingerprint density at radius 1 is 1.44 bits per heavy atom. The number of aliphatic hydroxyl groups excluding tert-OH is 1. The van der Waals surface area contributed by atoms with Gasteiger partial charge in [-0.1, -0.05) is 0 Å². The Labute approximate surface area is 108 Å². The van der Waals surface area contributed by atoms with Gasteiger partial charge in [0.05, 0.1) is 0 Å². The zero-order valence-electron chi connectivity index (χ0n) is 11.3. The normalized spacial score (nSPS) is 10.4. The first-order valence-corrected chi connectivity index (χ1v) is 6.15. The van der Waals surface area contributed by atoms with Crippen LogP contribution in [0.4, 0.5) is 11.6 Å². The van der Waals surface area contributed by atoms with Crippen LogP contribution in [0.1, 0.15) is 19.2 Å². The number of hydrogen-bond acceptors (Lipinski definition) is 6. The van der Waals surface area contributed by atoms with Crippen molar-refractivity contribution in [2.45, 2.75) is 20.0 Å². The molecule has 0 unspecified atom stereocenters. The van der Waals surface area contributed by atoms with Crippen LogP contribution in [-0.4, -0.2) is 48.9 Å². The minimum absolute atomic E-state index is 0.186. The summed E-state index contributed by atoms with van der Waals surface area (Å²) in [4.78, 5) is 10.9. The zero-order valence-corrected chi connectivity index (χ0v) is 11.3. The van der Waals surface area contributed by atoms with Gasteiger partial charge in [-0.15, -0.1) is 0 Å². The van der Waals surface area contributed by atoms with E-state index in [0.29, 0.717) is 12.4 Å². The van der Waals surface area contributed by atoms with Crippen LogP contribution in [0.25, 0.3) is 0 Å². The van der Waals surface area contributed by atoms with Crippen LogP contribution in [-0.2, 0) is 11.3 Å². The van der Waals surface area contributed by atoms with Crippen molar-refractivity contribution in [3.05, 3.63) is 11.9 Å². The summed E-state index contributed by atoms with van der Waals surface area (Å²) in [5.74, 6) is 2.29. The van der Waals surface area contributed by atoms with Gasteiger partial charge in [-0.2, -0.15) is 0 Å². The molecule has 0 aliphatic carbocycles. The molecular weight excluding hydrogens is 232 g/mol. The fraction of sp³-hybridized carbons (Fsp3) is 0.667. The highest BCUT2D eigenvalue weighted by Crippen LogP contribution is 2.16. The van der Waals surface area contributed by atoms with Crippen molar-refractivity contribution in [2.24, 2.45) is 0 Å². The number of nitrogens with zero attached hydrogens (tertiary/aromatic N) is 3. The van der Waals surface area contributed by atoms with Gasteiger partial charge in [0.15, 0.2) is 5.82 Å². The Bertz CT molecular complexity index is 360. The number of rotatable bonds is 8. The van der Waals surface area contributed by atoms with E-state index in [1.807, 2.05) is 13.1 Å². The highest BCUT2D eigenvalue weighted by Gasteiger charge is 2.09. The van der Waals surface area contributed by atoms with Crippen LogP contribution < -0.4 is 10.2 Å². The van der Waals surface area contributed by atoms with Crippen LogP contribution in [0.3, 0.4) is 0 Å². The average molecular weight is 254 g/mol. The molecule has 1 aromatic rings. The van der Waals surface area contributed by atoms with Crippen molar-refractivity contribution in [1.29, 1.82) is 0 Å². The summed E-state index contributed by atoms with van der Waals surface area (Å²) in [5, 5.41) is 11.9. The Hall–Kier alpha value is -1.40. The van der Waals surface area contributed by atoms with Gasteiger partial charge >= 0.3 is 0 Å². The number of methoxy groups -OCH3 is 1. The van der Waals surface area contributed by atoms with Gasteiger partial charge in [-0.25, -0.2) is 9.97 Å². The van der Waals surface area contributed by atoms with E-state index in [4.69, 9.17) is 9.84 Å². The standard InChI is InChI=1S/C12H22N4O2/c1-4-16(6-5-7-17)12-8-10(13-2)14-11(15-12)9-18-3/h8,17H,4-7,9H2,1-3H3,(H,13,14,15). The van der Waals surface area contributed by atoms with Crippen molar-refractivity contribution in [3.63, 3.8) is 0 Å². The molecule has 18 heavy (non-hydrogen) atoms. The average Bonchev–Trinajstić information content (AvgIpc) is 2.39. The Morgan fingerprint density at radius 3 is 2.78 bits per heavy atom. The molecule has 2 N–H and O–H groups in total. The molecule has 0 fully saturated rings. The lowest BCUT2D eigenvalue weighted by Crippen LogP contribution is -2.26. The van der Waals surface area contributed by atoms with E-state index >= 15 is 0 Å². The first-order valence-electron chi connectivity index (χ1n) is 6.15. The van der Waals surface area contributed by atoms with Crippen molar-refractivity contribution in [1.82, 2.24) is 9.97 Å². The van der Waals surface area contributed by atoms with E-state index in [1.165, 1.54) is 0 Å². The summed E-state index contributed by atoms with van der Waals surface area (Å²) in [6.45, 7) is 4.26. The van der Waals surface area contributed by atoms with Gasteiger partial charge in [-0.3, -0.25) is 0 Å². The first-order chi connectivity index (χ1) is 8.74. The highest BCUT2D eigenvalue weighted by atomic mass is 16.5. The van der Waals surface area contributed by atoms with E-state index in [-0.39, 0.29) is 6.61 Å². The fourth-order valence-corrected chi connectivity index (χ4v) is 1.66. The number of nitrogens with one attached hydrogen (secondary N) is 1. The SMILES string of the molecule is CCN(CCCO)c1cc(NC)nc(COC)n1. The van der Waals surface area contributed by atoms with Crippen LogP contribution in [0.5, 0.6) is 0 Å². The predicted octanol–water partition coefficient (Wildman–Crippen LogP) is 0.873. The van der Waals surface area contributed by atoms with E-state index in [1.54, 1.807) is 7.11 Å². The van der Waals surface area contributed by atoms with Gasteiger partial charge in [0.1, 0.15) is 18.2 Å². The smallest absolute Gasteiger partial charge is 0.158 e. The minimum Gasteiger partial charge on any atom is -0.396 e. The van der Waals surface area contributed by atoms with E-state index in [0.717, 1.165) is 31.1 Å². The monoisotopic (exact) mass is 254 g/mol. The summed E-state index contributed by atoms with van der Waals surface area (Å²) < 4.78 is 5.07. The lowest BCUT2D eigenvalue weighted by Gasteiger charge is -2.22. The van der Waals surface area contributed by atoms with Crippen molar-refractivity contribution in [3.8, 4) is 0 Å². The van der Waals surface area contributed by atoms with Crippen LogP contribution in [0.2, 0.25) is 0 Å². The second-order valence-corrected chi connectivity index (χ2v) is 3.87. The third kappa shape index (κ3) is 4.12. The molecule has 1 rings (SSSR count). The number of aliphatic hydroxyl groups is 1. The minimum atomic E-state index is 0.186. The molecule has 0 aromatic carbocycles. The molecule has 0 atom stereocenters. The molecule has 0 saturated carbocycles. The maximum absolute atomic E-state index is 8.91. The molecule has 0 saturated heterocycles. The Balaban J connectivity index is 2.93. The molecule has 1 heterocycles. The molecule has 6 nitrogen and oxygen atoms in total. The second kappa shape index (κ2) is 7.84. The molecule has 1 aromatic heterocycles. The van der Waals surface area contributed by atoms with Gasteiger partial charge in [0, 0.05) is 39.9 Å². The number of ether oxygens (including phenoxy) is 1. The third-order valence-corrected chi connectivity index (χ3v) is 2.58. The topological polar surface area (TPSA) is 70.5 Å². The molecule has 0 radical (unpaired) electrons. The third-order valence-electron chi connectivity index (χ3n) is 2.58. The lowest BCUT2D eigenvalue weighted by atomic mass is 10.3. The molecule has 0 amide bonds. The first kappa shape index (κ1) is 14.7. The fourth-order valence-electron chi connectivity index (χ4n) is 1.66. The molecule has 0 aliphatic heterocycles. The number of hydrogen-bond donors (Lipinski definition) is 2. The summed E-state index contributed by atoms with van der Waals surface area (Å²) in [5.41, 5.74) is 0. The van der Waals surface area contributed by atoms with Crippen molar-refractivity contribution < 1.29 is 9.84 Å². The summed E-state index contributed by atoms with van der Waals surface area (Å²) in [7, 11) is 3.45. The van der Waals surface area contributed by atoms with Crippen molar-refractivity contribution in [2.75, 3.05) is 44.1 Å². The highest BCUT2D eigenvalue weighted by molar-refractivity contribution is 5.49. The van der Waals surface area contributed by atoms with Gasteiger partial charge in [0.2, 0.25) is 0 Å². The van der Waals surface area contributed by atoms with Gasteiger partial charge < -0.3 is 20.1 Å². The zero-order chi connectivity index (χ0) is 13.4. The molecule has 0 spiro atoms.